The number of carbonyl (C=O) groups excluding carboxylic acids is 1. The zero-order valence-corrected chi connectivity index (χ0v) is 15.9. The fourth-order valence-electron chi connectivity index (χ4n) is 3.82. The molecule has 2 aromatic carbocycles. The second-order valence-electron chi connectivity index (χ2n) is 7.28. The highest BCUT2D eigenvalue weighted by Gasteiger charge is 2.27. The lowest BCUT2D eigenvalue weighted by atomic mass is 10.0. The predicted octanol–water partition coefficient (Wildman–Crippen LogP) is 3.92. The predicted molar refractivity (Wildman–Crippen MR) is 111 cm³/mol. The van der Waals surface area contributed by atoms with Crippen molar-refractivity contribution in [1.82, 2.24) is 15.2 Å². The van der Waals surface area contributed by atoms with Gasteiger partial charge in [-0.05, 0) is 42.2 Å². The van der Waals surface area contributed by atoms with E-state index in [9.17, 15) is 4.79 Å². The summed E-state index contributed by atoms with van der Waals surface area (Å²) in [6.45, 7) is 2.47. The Morgan fingerprint density at radius 1 is 1.00 bits per heavy atom. The molecule has 4 heteroatoms. The summed E-state index contributed by atoms with van der Waals surface area (Å²) in [6.07, 6.45) is 2.86. The van der Waals surface area contributed by atoms with Gasteiger partial charge in [0, 0.05) is 31.4 Å². The minimum atomic E-state index is 0.0567. The van der Waals surface area contributed by atoms with Gasteiger partial charge in [-0.2, -0.15) is 0 Å². The molecule has 142 valence electrons. The first kappa shape index (κ1) is 18.4. The molecule has 1 aliphatic heterocycles. The third-order valence-electron chi connectivity index (χ3n) is 5.32. The summed E-state index contributed by atoms with van der Waals surface area (Å²) in [4.78, 5) is 19.2. The fraction of sp³-hybridized carbons (Fsp3) is 0.250. The van der Waals surface area contributed by atoms with E-state index in [1.54, 1.807) is 0 Å². The molecule has 3 aromatic rings. The Kier molecular flexibility index (Phi) is 5.78. The quantitative estimate of drug-likeness (QED) is 0.714. The zero-order chi connectivity index (χ0) is 19.2. The van der Waals surface area contributed by atoms with Gasteiger partial charge < -0.3 is 10.2 Å². The summed E-state index contributed by atoms with van der Waals surface area (Å²) in [7, 11) is 0. The maximum Gasteiger partial charge on any atom is 0.253 e. The zero-order valence-electron chi connectivity index (χ0n) is 15.9. The third kappa shape index (κ3) is 4.29. The first-order chi connectivity index (χ1) is 13.8. The smallest absolute Gasteiger partial charge is 0.253 e. The number of hydrogen-bond acceptors (Lipinski definition) is 3. The van der Waals surface area contributed by atoms with E-state index in [-0.39, 0.29) is 11.9 Å². The molecule has 1 aromatic heterocycles. The average Bonchev–Trinajstić information content (AvgIpc) is 3.24. The van der Waals surface area contributed by atoms with Crippen LogP contribution in [0.15, 0.2) is 85.1 Å². The van der Waals surface area contributed by atoms with Crippen LogP contribution < -0.4 is 5.32 Å². The van der Waals surface area contributed by atoms with Crippen LogP contribution in [-0.2, 0) is 0 Å². The fourth-order valence-corrected chi connectivity index (χ4v) is 3.82. The number of rotatable bonds is 6. The number of nitrogens with zero attached hydrogens (tertiary/aromatic N) is 2. The van der Waals surface area contributed by atoms with Crippen LogP contribution in [0.1, 0.15) is 34.1 Å². The van der Waals surface area contributed by atoms with E-state index in [0.717, 1.165) is 37.3 Å². The van der Waals surface area contributed by atoms with Gasteiger partial charge in [0.15, 0.2) is 0 Å². The van der Waals surface area contributed by atoms with Crippen molar-refractivity contribution in [2.24, 2.45) is 5.92 Å². The van der Waals surface area contributed by atoms with Gasteiger partial charge in [0.25, 0.3) is 5.91 Å². The van der Waals surface area contributed by atoms with Crippen LogP contribution in [0, 0.1) is 5.92 Å². The molecule has 0 bridgehead atoms. The van der Waals surface area contributed by atoms with Crippen LogP contribution in [0.3, 0.4) is 0 Å². The van der Waals surface area contributed by atoms with E-state index in [1.807, 2.05) is 59.6 Å². The maximum atomic E-state index is 12.7. The molecule has 28 heavy (non-hydrogen) atoms. The molecule has 0 radical (unpaired) electrons. The van der Waals surface area contributed by atoms with Gasteiger partial charge in [0.05, 0.1) is 11.7 Å². The molecule has 2 heterocycles. The Morgan fingerprint density at radius 3 is 2.43 bits per heavy atom. The number of benzene rings is 2. The van der Waals surface area contributed by atoms with Crippen LogP contribution in [0.2, 0.25) is 0 Å². The Hall–Kier alpha value is -2.98. The second kappa shape index (κ2) is 8.81. The molecule has 1 N–H and O–H groups in total. The molecule has 1 amide bonds. The van der Waals surface area contributed by atoms with E-state index in [2.05, 4.69) is 40.6 Å². The molecule has 4 nitrogen and oxygen atoms in total. The topological polar surface area (TPSA) is 45.2 Å². The van der Waals surface area contributed by atoms with Crippen LogP contribution in [0.25, 0.3) is 0 Å². The van der Waals surface area contributed by atoms with E-state index >= 15 is 0 Å². The van der Waals surface area contributed by atoms with Crippen molar-refractivity contribution in [3.05, 3.63) is 102 Å². The summed E-state index contributed by atoms with van der Waals surface area (Å²) < 4.78 is 0. The van der Waals surface area contributed by atoms with E-state index in [1.165, 1.54) is 5.56 Å². The summed E-state index contributed by atoms with van der Waals surface area (Å²) in [5.74, 6) is 0.579. The highest BCUT2D eigenvalue weighted by molar-refractivity contribution is 5.94. The molecular formula is C24H25N3O. The monoisotopic (exact) mass is 371 g/mol. The van der Waals surface area contributed by atoms with E-state index in [0.29, 0.717) is 5.92 Å². The standard InChI is InChI=1S/C24H25N3O/c28-24(21-11-5-2-6-12-21)27-16-14-19(18-27)17-26-23(20-9-3-1-4-10-20)22-13-7-8-15-25-22/h1-13,15,19,23,26H,14,16-18H2/t19-,23-/m0/s1. The molecule has 0 saturated carbocycles. The van der Waals surface area contributed by atoms with E-state index in [4.69, 9.17) is 0 Å². The SMILES string of the molecule is O=C(c1ccccc1)N1CC[C@@H](CN[C@@H](c2ccccc2)c2ccccn2)C1. The Bertz CT molecular complexity index is 844. The van der Waals surface area contributed by atoms with Crippen molar-refractivity contribution in [1.29, 1.82) is 0 Å². The van der Waals surface area contributed by atoms with E-state index < -0.39 is 0 Å². The van der Waals surface area contributed by atoms with Crippen molar-refractivity contribution < 1.29 is 4.79 Å². The lowest BCUT2D eigenvalue weighted by Gasteiger charge is -2.22. The minimum Gasteiger partial charge on any atom is -0.338 e. The highest BCUT2D eigenvalue weighted by Crippen LogP contribution is 2.23. The average molecular weight is 371 g/mol. The van der Waals surface area contributed by atoms with Crippen molar-refractivity contribution >= 4 is 5.91 Å². The minimum absolute atomic E-state index is 0.0567. The maximum absolute atomic E-state index is 12.7. The number of carbonyl (C=O) groups is 1. The molecule has 1 saturated heterocycles. The van der Waals surface area contributed by atoms with Crippen molar-refractivity contribution in [2.45, 2.75) is 12.5 Å². The van der Waals surface area contributed by atoms with Crippen molar-refractivity contribution in [3.63, 3.8) is 0 Å². The number of amides is 1. The molecule has 1 fully saturated rings. The third-order valence-corrected chi connectivity index (χ3v) is 5.32. The summed E-state index contributed by atoms with van der Waals surface area (Å²) in [5.41, 5.74) is 2.99. The van der Waals surface area contributed by atoms with Crippen molar-refractivity contribution in [2.75, 3.05) is 19.6 Å². The van der Waals surface area contributed by atoms with Gasteiger partial charge in [-0.25, -0.2) is 0 Å². The van der Waals surface area contributed by atoms with Gasteiger partial charge in [-0.3, -0.25) is 9.78 Å². The Balaban J connectivity index is 1.40. The van der Waals surface area contributed by atoms with Crippen LogP contribution in [0.4, 0.5) is 0 Å². The number of aromatic nitrogens is 1. The number of hydrogen-bond donors (Lipinski definition) is 1. The molecule has 4 rings (SSSR count). The summed E-state index contributed by atoms with van der Waals surface area (Å²) in [5, 5.41) is 3.69. The first-order valence-corrected chi connectivity index (χ1v) is 9.85. The largest absolute Gasteiger partial charge is 0.338 e. The molecule has 2 atom stereocenters. The highest BCUT2D eigenvalue weighted by atomic mass is 16.2. The molecular weight excluding hydrogens is 346 g/mol. The molecule has 0 spiro atoms. The first-order valence-electron chi connectivity index (χ1n) is 9.85. The Labute approximate surface area is 166 Å². The van der Waals surface area contributed by atoms with Gasteiger partial charge >= 0.3 is 0 Å². The molecule has 0 unspecified atom stereocenters. The van der Waals surface area contributed by atoms with Crippen LogP contribution in [-0.4, -0.2) is 35.4 Å². The normalized spacial score (nSPS) is 17.4. The number of pyridine rings is 1. The Morgan fingerprint density at radius 2 is 1.71 bits per heavy atom. The van der Waals surface area contributed by atoms with Gasteiger partial charge in [-0.15, -0.1) is 0 Å². The second-order valence-corrected chi connectivity index (χ2v) is 7.28. The molecule has 1 aliphatic rings. The van der Waals surface area contributed by atoms with Crippen molar-refractivity contribution in [3.8, 4) is 0 Å². The van der Waals surface area contributed by atoms with Gasteiger partial charge in [-0.1, -0.05) is 54.6 Å². The number of nitrogens with one attached hydrogen (secondary N) is 1. The number of likely N-dealkylation sites (tertiary alicyclic amines) is 1. The van der Waals surface area contributed by atoms with Crippen LogP contribution >= 0.6 is 0 Å². The lowest BCUT2D eigenvalue weighted by molar-refractivity contribution is 0.0787. The molecule has 0 aliphatic carbocycles. The van der Waals surface area contributed by atoms with Gasteiger partial charge in [0.1, 0.15) is 0 Å². The summed E-state index contributed by atoms with van der Waals surface area (Å²) in [6, 6.07) is 26.0. The summed E-state index contributed by atoms with van der Waals surface area (Å²) >= 11 is 0. The van der Waals surface area contributed by atoms with Crippen LogP contribution in [0.5, 0.6) is 0 Å². The lowest BCUT2D eigenvalue weighted by Crippen LogP contribution is -2.32. The van der Waals surface area contributed by atoms with Gasteiger partial charge in [0.2, 0.25) is 0 Å².